The molecule has 98 valence electrons. The van der Waals surface area contributed by atoms with Crippen molar-refractivity contribution in [2.75, 3.05) is 0 Å². The Morgan fingerprint density at radius 1 is 1.42 bits per heavy atom. The number of aromatic nitrogens is 3. The van der Waals surface area contributed by atoms with Crippen LogP contribution in [0.15, 0.2) is 47.2 Å². The van der Waals surface area contributed by atoms with Crippen LogP contribution in [0.25, 0.3) is 5.52 Å². The van der Waals surface area contributed by atoms with Crippen LogP contribution in [0.1, 0.15) is 18.5 Å². The second-order valence-electron chi connectivity index (χ2n) is 4.57. The number of rotatable bonds is 3. The summed E-state index contributed by atoms with van der Waals surface area (Å²) in [5.74, 6) is 0.965. The largest absolute Gasteiger partial charge is 0.492 e. The van der Waals surface area contributed by atoms with Crippen molar-refractivity contribution in [2.45, 2.75) is 19.4 Å². The van der Waals surface area contributed by atoms with Crippen molar-refractivity contribution in [3.8, 4) is 0 Å². The van der Waals surface area contributed by atoms with Gasteiger partial charge in [0, 0.05) is 25.9 Å². The highest BCUT2D eigenvalue weighted by Gasteiger charge is 2.07. The van der Waals surface area contributed by atoms with Crippen LogP contribution in [0.4, 0.5) is 0 Å². The van der Waals surface area contributed by atoms with Gasteiger partial charge in [0.05, 0.1) is 5.76 Å². The van der Waals surface area contributed by atoms with Gasteiger partial charge in [0.1, 0.15) is 17.8 Å². The zero-order chi connectivity index (χ0) is 13.2. The molecule has 0 aromatic carbocycles. The van der Waals surface area contributed by atoms with Gasteiger partial charge in [-0.1, -0.05) is 12.2 Å². The van der Waals surface area contributed by atoms with Gasteiger partial charge in [-0.15, -0.1) is 0 Å². The maximum absolute atomic E-state index is 11.9. The first-order valence-electron chi connectivity index (χ1n) is 6.26. The molecule has 0 amide bonds. The molecule has 5 nitrogen and oxygen atoms in total. The summed E-state index contributed by atoms with van der Waals surface area (Å²) in [6, 6.07) is 1.78. The van der Waals surface area contributed by atoms with E-state index in [1.807, 2.05) is 12.2 Å². The molecule has 0 saturated heterocycles. The standard InChI is InChI=1S/C14H15N3O2/c1-16-7-8-17-13(14(16)18)9-11(15-17)10-19-12-5-3-2-4-6-12/h2-3,5,7-9H,4,6,10H2,1H3. The van der Waals surface area contributed by atoms with E-state index in [9.17, 15) is 4.79 Å². The fourth-order valence-electron chi connectivity index (χ4n) is 2.07. The van der Waals surface area contributed by atoms with Crippen molar-refractivity contribution in [1.29, 1.82) is 0 Å². The van der Waals surface area contributed by atoms with E-state index in [2.05, 4.69) is 11.2 Å². The molecule has 1 aliphatic rings. The molecule has 2 aromatic rings. The predicted octanol–water partition coefficient (Wildman–Crippen LogP) is 1.78. The van der Waals surface area contributed by atoms with Gasteiger partial charge >= 0.3 is 0 Å². The molecule has 1 aliphatic carbocycles. The van der Waals surface area contributed by atoms with Gasteiger partial charge in [0.2, 0.25) is 0 Å². The van der Waals surface area contributed by atoms with Gasteiger partial charge in [-0.2, -0.15) is 5.10 Å². The van der Waals surface area contributed by atoms with Crippen LogP contribution >= 0.6 is 0 Å². The Morgan fingerprint density at radius 3 is 3.11 bits per heavy atom. The molecule has 0 saturated carbocycles. The molecule has 0 aliphatic heterocycles. The maximum atomic E-state index is 11.9. The molecule has 2 heterocycles. The minimum Gasteiger partial charge on any atom is -0.492 e. The lowest BCUT2D eigenvalue weighted by Gasteiger charge is -2.09. The zero-order valence-corrected chi connectivity index (χ0v) is 10.7. The number of ether oxygens (including phenoxy) is 1. The molecule has 0 bridgehead atoms. The lowest BCUT2D eigenvalue weighted by molar-refractivity contribution is 0.185. The summed E-state index contributed by atoms with van der Waals surface area (Å²) in [6.45, 7) is 0.393. The van der Waals surface area contributed by atoms with E-state index < -0.39 is 0 Å². The van der Waals surface area contributed by atoms with Crippen molar-refractivity contribution < 1.29 is 4.74 Å². The van der Waals surface area contributed by atoms with E-state index >= 15 is 0 Å². The fourth-order valence-corrected chi connectivity index (χ4v) is 2.07. The monoisotopic (exact) mass is 257 g/mol. The second-order valence-corrected chi connectivity index (χ2v) is 4.57. The van der Waals surface area contributed by atoms with Crippen LogP contribution in [0.5, 0.6) is 0 Å². The zero-order valence-electron chi connectivity index (χ0n) is 10.7. The number of fused-ring (bicyclic) bond motifs is 1. The Bertz CT molecular complexity index is 722. The van der Waals surface area contributed by atoms with Gasteiger partial charge in [-0.25, -0.2) is 4.52 Å². The van der Waals surface area contributed by atoms with Crippen molar-refractivity contribution in [2.24, 2.45) is 7.05 Å². The van der Waals surface area contributed by atoms with Crippen molar-refractivity contribution in [3.63, 3.8) is 0 Å². The molecule has 0 unspecified atom stereocenters. The van der Waals surface area contributed by atoms with Gasteiger partial charge < -0.3 is 9.30 Å². The van der Waals surface area contributed by atoms with Crippen molar-refractivity contribution in [1.82, 2.24) is 14.2 Å². The number of aryl methyl sites for hydroxylation is 1. The topological polar surface area (TPSA) is 48.5 Å². The van der Waals surface area contributed by atoms with Crippen molar-refractivity contribution >= 4 is 5.52 Å². The third-order valence-corrected chi connectivity index (χ3v) is 3.14. The van der Waals surface area contributed by atoms with Gasteiger partial charge in [0.15, 0.2) is 0 Å². The van der Waals surface area contributed by atoms with E-state index in [1.54, 1.807) is 30.0 Å². The number of allylic oxidation sites excluding steroid dienone is 4. The smallest absolute Gasteiger partial charge is 0.276 e. The SMILES string of the molecule is Cn1ccn2nc(COC3=CC=CCC3)cc2c1=O. The van der Waals surface area contributed by atoms with Crippen LogP contribution in [-0.4, -0.2) is 14.2 Å². The molecule has 0 radical (unpaired) electrons. The average Bonchev–Trinajstić information content (AvgIpc) is 2.86. The Hall–Kier alpha value is -2.30. The number of hydrogen-bond donors (Lipinski definition) is 0. The minimum absolute atomic E-state index is 0.0546. The summed E-state index contributed by atoms with van der Waals surface area (Å²) >= 11 is 0. The predicted molar refractivity (Wildman–Crippen MR) is 71.7 cm³/mol. The van der Waals surface area contributed by atoms with E-state index in [4.69, 9.17) is 4.74 Å². The first-order chi connectivity index (χ1) is 9.24. The molecule has 0 atom stereocenters. The molecule has 5 heteroatoms. The number of nitrogens with zero attached hydrogens (tertiary/aromatic N) is 3. The summed E-state index contributed by atoms with van der Waals surface area (Å²) in [7, 11) is 1.73. The first kappa shape index (κ1) is 11.8. The van der Waals surface area contributed by atoms with E-state index in [0.717, 1.165) is 24.3 Å². The lowest BCUT2D eigenvalue weighted by Crippen LogP contribution is -2.17. The molecule has 0 fully saturated rings. The normalized spacial score (nSPS) is 14.7. The van der Waals surface area contributed by atoms with Crippen LogP contribution in [0.3, 0.4) is 0 Å². The quantitative estimate of drug-likeness (QED) is 0.842. The van der Waals surface area contributed by atoms with Crippen LogP contribution in [0, 0.1) is 0 Å². The van der Waals surface area contributed by atoms with Crippen LogP contribution in [0.2, 0.25) is 0 Å². The Labute approximate surface area is 110 Å². The molecular weight excluding hydrogens is 242 g/mol. The Kier molecular flexibility index (Phi) is 2.95. The third kappa shape index (κ3) is 2.31. The lowest BCUT2D eigenvalue weighted by atomic mass is 10.2. The van der Waals surface area contributed by atoms with Gasteiger partial charge in [-0.3, -0.25) is 4.79 Å². The van der Waals surface area contributed by atoms with Gasteiger partial charge in [0.25, 0.3) is 5.56 Å². The summed E-state index contributed by atoms with van der Waals surface area (Å²) in [5, 5.41) is 4.33. The van der Waals surface area contributed by atoms with E-state index in [-0.39, 0.29) is 5.56 Å². The minimum atomic E-state index is -0.0546. The third-order valence-electron chi connectivity index (χ3n) is 3.14. The highest BCUT2D eigenvalue weighted by atomic mass is 16.5. The molecular formula is C14H15N3O2. The maximum Gasteiger partial charge on any atom is 0.276 e. The second kappa shape index (κ2) is 4.76. The molecule has 0 spiro atoms. The van der Waals surface area contributed by atoms with Crippen LogP contribution < -0.4 is 5.56 Å². The summed E-state index contributed by atoms with van der Waals surface area (Å²) < 4.78 is 8.83. The molecule has 0 N–H and O–H groups in total. The summed E-state index contributed by atoms with van der Waals surface area (Å²) in [5.41, 5.74) is 1.28. The van der Waals surface area contributed by atoms with E-state index in [0.29, 0.717) is 12.1 Å². The van der Waals surface area contributed by atoms with Gasteiger partial charge in [-0.05, 0) is 18.6 Å². The average molecular weight is 257 g/mol. The van der Waals surface area contributed by atoms with Crippen molar-refractivity contribution in [3.05, 3.63) is 58.5 Å². The fraction of sp³-hybridized carbons (Fsp3) is 0.286. The van der Waals surface area contributed by atoms with E-state index in [1.165, 1.54) is 4.57 Å². The Balaban J connectivity index is 1.82. The molecule has 3 rings (SSSR count). The summed E-state index contributed by atoms with van der Waals surface area (Å²) in [6.07, 6.45) is 11.5. The highest BCUT2D eigenvalue weighted by molar-refractivity contribution is 5.45. The number of hydrogen-bond acceptors (Lipinski definition) is 3. The molecule has 2 aromatic heterocycles. The molecule has 19 heavy (non-hydrogen) atoms. The van der Waals surface area contributed by atoms with Crippen LogP contribution in [-0.2, 0) is 18.4 Å². The summed E-state index contributed by atoms with van der Waals surface area (Å²) in [4.78, 5) is 11.9. The highest BCUT2D eigenvalue weighted by Crippen LogP contribution is 2.15. The first-order valence-corrected chi connectivity index (χ1v) is 6.26. The Morgan fingerprint density at radius 2 is 2.32 bits per heavy atom.